The largest absolute Gasteiger partial charge is 0.462 e. The molecule has 6 nitrogen and oxygen atoms in total. The number of alkyl halides is 1. The van der Waals surface area contributed by atoms with Gasteiger partial charge in [0.05, 0.1) is 18.0 Å². The van der Waals surface area contributed by atoms with Crippen molar-refractivity contribution in [3.8, 4) is 6.07 Å². The van der Waals surface area contributed by atoms with Crippen LogP contribution in [0.5, 0.6) is 0 Å². The minimum atomic E-state index is -0.655. The summed E-state index contributed by atoms with van der Waals surface area (Å²) in [6.45, 7) is 2.80. The van der Waals surface area contributed by atoms with E-state index in [4.69, 9.17) is 16.3 Å². The quantitative estimate of drug-likeness (QED) is 0.354. The van der Waals surface area contributed by atoms with Crippen molar-refractivity contribution in [3.63, 3.8) is 0 Å². The number of rotatable bonds is 5. The summed E-state index contributed by atoms with van der Waals surface area (Å²) in [5.41, 5.74) is 1.41. The van der Waals surface area contributed by atoms with Crippen molar-refractivity contribution in [2.45, 2.75) is 13.3 Å². The van der Waals surface area contributed by atoms with Crippen molar-refractivity contribution in [2.24, 2.45) is 0 Å². The Kier molecular flexibility index (Phi) is 6.21. The van der Waals surface area contributed by atoms with Crippen LogP contribution in [-0.4, -0.2) is 37.5 Å². The van der Waals surface area contributed by atoms with Crippen LogP contribution < -0.4 is 9.80 Å². The van der Waals surface area contributed by atoms with Gasteiger partial charge in [0.2, 0.25) is 5.91 Å². The maximum absolute atomic E-state index is 12.2. The molecule has 0 N–H and O–H groups in total. The highest BCUT2D eigenvalue weighted by molar-refractivity contribution is 6.19. The van der Waals surface area contributed by atoms with Gasteiger partial charge >= 0.3 is 5.97 Å². The molecule has 0 unspecified atom stereocenters. The molecule has 1 amide bonds. The van der Waals surface area contributed by atoms with E-state index < -0.39 is 5.97 Å². The lowest BCUT2D eigenvalue weighted by atomic mass is 10.1. The number of hydrogen-bond acceptors (Lipinski definition) is 5. The maximum Gasteiger partial charge on any atom is 0.350 e. The Balaban J connectivity index is 2.34. The van der Waals surface area contributed by atoms with Crippen molar-refractivity contribution >= 4 is 34.9 Å². The lowest BCUT2D eigenvalue weighted by molar-refractivity contribution is -0.138. The van der Waals surface area contributed by atoms with E-state index in [-0.39, 0.29) is 30.4 Å². The number of halogens is 1. The summed E-state index contributed by atoms with van der Waals surface area (Å²) in [5, 5.41) is 9.19. The first-order valence-electron chi connectivity index (χ1n) is 7.63. The molecule has 0 fully saturated rings. The van der Waals surface area contributed by atoms with Crippen molar-refractivity contribution in [1.82, 2.24) is 0 Å². The van der Waals surface area contributed by atoms with Gasteiger partial charge in [-0.05, 0) is 19.1 Å². The molecular weight excluding hydrogens is 330 g/mol. The molecule has 0 spiro atoms. The molecule has 0 saturated heterocycles. The SMILES string of the molecule is CCOC(=O)/C(C#N)=C\N1CCN(C(=O)CCCl)c2ccccc21. The highest BCUT2D eigenvalue weighted by Crippen LogP contribution is 2.33. The summed E-state index contributed by atoms with van der Waals surface area (Å²) >= 11 is 5.67. The van der Waals surface area contributed by atoms with E-state index in [0.29, 0.717) is 13.1 Å². The number of fused-ring (bicyclic) bond motifs is 1. The van der Waals surface area contributed by atoms with Crippen LogP contribution in [0.3, 0.4) is 0 Å². The average Bonchev–Trinajstić information content (AvgIpc) is 2.59. The van der Waals surface area contributed by atoms with Gasteiger partial charge < -0.3 is 14.5 Å². The third-order valence-corrected chi connectivity index (χ3v) is 3.75. The number of esters is 1. The number of para-hydroxylation sites is 2. The molecule has 1 aromatic carbocycles. The molecule has 7 heteroatoms. The molecule has 0 radical (unpaired) electrons. The zero-order valence-corrected chi connectivity index (χ0v) is 14.1. The van der Waals surface area contributed by atoms with Gasteiger partial charge in [0.15, 0.2) is 5.57 Å². The molecule has 1 aromatic rings. The monoisotopic (exact) mass is 347 g/mol. The lowest BCUT2D eigenvalue weighted by Crippen LogP contribution is -2.42. The molecule has 126 valence electrons. The van der Waals surface area contributed by atoms with Gasteiger partial charge in [-0.25, -0.2) is 4.79 Å². The Bertz CT molecular complexity index is 697. The molecule has 0 aliphatic carbocycles. The fourth-order valence-electron chi connectivity index (χ4n) is 2.48. The highest BCUT2D eigenvalue weighted by atomic mass is 35.5. The fraction of sp³-hybridized carbons (Fsp3) is 0.353. The Hall–Kier alpha value is -2.52. The van der Waals surface area contributed by atoms with E-state index in [0.717, 1.165) is 11.4 Å². The Morgan fingerprint density at radius 1 is 1.33 bits per heavy atom. The first kappa shape index (κ1) is 17.8. The second-order valence-electron chi connectivity index (χ2n) is 5.04. The number of carbonyl (C=O) groups is 2. The molecule has 1 heterocycles. The minimum Gasteiger partial charge on any atom is -0.462 e. The van der Waals surface area contributed by atoms with Crippen LogP contribution in [0.25, 0.3) is 0 Å². The average molecular weight is 348 g/mol. The second-order valence-corrected chi connectivity index (χ2v) is 5.42. The maximum atomic E-state index is 12.2. The number of nitrogens with zero attached hydrogens (tertiary/aromatic N) is 3. The lowest BCUT2D eigenvalue weighted by Gasteiger charge is -2.36. The second kappa shape index (κ2) is 8.37. The fourth-order valence-corrected chi connectivity index (χ4v) is 2.65. The molecule has 1 aliphatic rings. The van der Waals surface area contributed by atoms with Crippen LogP contribution in [0.15, 0.2) is 36.0 Å². The first-order valence-corrected chi connectivity index (χ1v) is 8.16. The molecule has 0 saturated carbocycles. The summed E-state index contributed by atoms with van der Waals surface area (Å²) in [4.78, 5) is 27.5. The standard InChI is InChI=1S/C17H18ClN3O3/c1-2-24-17(23)13(11-19)12-20-9-10-21(16(22)7-8-18)15-6-4-3-5-14(15)20/h3-6,12H,2,7-10H2,1H3/b13-12-. The van der Waals surface area contributed by atoms with E-state index in [1.54, 1.807) is 16.7 Å². The zero-order valence-electron chi connectivity index (χ0n) is 13.4. The van der Waals surface area contributed by atoms with Gasteiger partial charge in [-0.15, -0.1) is 11.6 Å². The van der Waals surface area contributed by atoms with Crippen molar-refractivity contribution < 1.29 is 14.3 Å². The van der Waals surface area contributed by atoms with Crippen LogP contribution >= 0.6 is 11.6 Å². The Morgan fingerprint density at radius 2 is 2.04 bits per heavy atom. The predicted octanol–water partition coefficient (Wildman–Crippen LogP) is 2.44. The molecule has 0 aromatic heterocycles. The Labute approximate surface area is 145 Å². The van der Waals surface area contributed by atoms with Gasteiger partial charge in [0, 0.05) is 31.6 Å². The number of ether oxygens (including phenoxy) is 1. The van der Waals surface area contributed by atoms with Gasteiger partial charge in [-0.1, -0.05) is 12.1 Å². The normalized spacial score (nSPS) is 14.0. The van der Waals surface area contributed by atoms with E-state index in [1.807, 2.05) is 30.3 Å². The number of carbonyl (C=O) groups excluding carboxylic acids is 2. The summed E-state index contributed by atoms with van der Waals surface area (Å²) in [6, 6.07) is 9.21. The highest BCUT2D eigenvalue weighted by Gasteiger charge is 2.26. The molecule has 0 atom stereocenters. The van der Waals surface area contributed by atoms with E-state index in [9.17, 15) is 14.9 Å². The van der Waals surface area contributed by atoms with Crippen LogP contribution in [0, 0.1) is 11.3 Å². The van der Waals surface area contributed by atoms with Crippen LogP contribution in [0.4, 0.5) is 11.4 Å². The number of hydrogen-bond donors (Lipinski definition) is 0. The number of nitriles is 1. The summed E-state index contributed by atoms with van der Waals surface area (Å²) in [5.74, 6) is -0.437. The van der Waals surface area contributed by atoms with Crippen molar-refractivity contribution in [3.05, 3.63) is 36.0 Å². The summed E-state index contributed by atoms with van der Waals surface area (Å²) < 4.78 is 4.88. The van der Waals surface area contributed by atoms with Gasteiger partial charge in [-0.2, -0.15) is 5.26 Å². The number of amides is 1. The smallest absolute Gasteiger partial charge is 0.350 e. The van der Waals surface area contributed by atoms with Gasteiger partial charge in [0.25, 0.3) is 0 Å². The van der Waals surface area contributed by atoms with E-state index in [2.05, 4.69) is 0 Å². The molecule has 0 bridgehead atoms. The summed E-state index contributed by atoms with van der Waals surface area (Å²) in [7, 11) is 0. The van der Waals surface area contributed by atoms with Gasteiger partial charge in [0.1, 0.15) is 6.07 Å². The third-order valence-electron chi connectivity index (χ3n) is 3.56. The first-order chi connectivity index (χ1) is 11.6. The molecule has 24 heavy (non-hydrogen) atoms. The number of benzene rings is 1. The minimum absolute atomic E-state index is 0.0491. The molecular formula is C17H18ClN3O3. The van der Waals surface area contributed by atoms with Crippen molar-refractivity contribution in [1.29, 1.82) is 5.26 Å². The van der Waals surface area contributed by atoms with Crippen LogP contribution in [0.2, 0.25) is 0 Å². The van der Waals surface area contributed by atoms with Crippen LogP contribution in [-0.2, 0) is 14.3 Å². The van der Waals surface area contributed by atoms with Crippen LogP contribution in [0.1, 0.15) is 13.3 Å². The molecule has 1 aliphatic heterocycles. The Morgan fingerprint density at radius 3 is 2.67 bits per heavy atom. The van der Waals surface area contributed by atoms with E-state index in [1.165, 1.54) is 6.20 Å². The zero-order chi connectivity index (χ0) is 17.5. The predicted molar refractivity (Wildman–Crippen MR) is 91.8 cm³/mol. The van der Waals surface area contributed by atoms with E-state index >= 15 is 0 Å². The molecule has 2 rings (SSSR count). The summed E-state index contributed by atoms with van der Waals surface area (Å²) in [6.07, 6.45) is 1.73. The topological polar surface area (TPSA) is 73.6 Å². The van der Waals surface area contributed by atoms with Gasteiger partial charge in [-0.3, -0.25) is 4.79 Å². The van der Waals surface area contributed by atoms with Crippen molar-refractivity contribution in [2.75, 3.05) is 35.4 Å². The number of anilines is 2. The third kappa shape index (κ3) is 3.87.